The molecule has 0 fully saturated rings. The number of rotatable bonds is 5. The van der Waals surface area contributed by atoms with Crippen molar-refractivity contribution in [3.05, 3.63) is 29.6 Å². The van der Waals surface area contributed by atoms with E-state index in [1.165, 1.54) is 5.56 Å². The smallest absolute Gasteiger partial charge is 0.243 e. The summed E-state index contributed by atoms with van der Waals surface area (Å²) in [5.41, 5.74) is 3.33. The van der Waals surface area contributed by atoms with Crippen LogP contribution in [0.15, 0.2) is 23.4 Å². The van der Waals surface area contributed by atoms with Crippen LogP contribution in [0.2, 0.25) is 0 Å². The van der Waals surface area contributed by atoms with Gasteiger partial charge in [0.25, 0.3) is 0 Å². The molecule has 0 aromatic carbocycles. The Hall–Kier alpha value is -1.91. The number of carbonyl (C=O) groups is 1. The summed E-state index contributed by atoms with van der Waals surface area (Å²) in [7, 11) is 1.86. The molecule has 5 nitrogen and oxygen atoms in total. The Bertz CT molecular complexity index is 541. The van der Waals surface area contributed by atoms with Crippen LogP contribution in [-0.4, -0.2) is 52.7 Å². The van der Waals surface area contributed by atoms with Gasteiger partial charge in [-0.3, -0.25) is 14.8 Å². The first-order valence-corrected chi connectivity index (χ1v) is 7.42. The summed E-state index contributed by atoms with van der Waals surface area (Å²) >= 11 is 0. The Labute approximate surface area is 126 Å². The maximum atomic E-state index is 12.3. The predicted octanol–water partition coefficient (Wildman–Crippen LogP) is 1.86. The van der Waals surface area contributed by atoms with E-state index in [0.717, 1.165) is 30.8 Å². The fourth-order valence-electron chi connectivity index (χ4n) is 2.41. The standard InChI is InChI=1S/C16H24N4O/c1-12-6-5-8-17-15(12)10-14(3)19(4)16(21)11-20-9-7-13(2)18-20/h5-6,8,14H,7,9-11H2,1-4H3. The molecule has 1 unspecified atom stereocenters. The zero-order valence-corrected chi connectivity index (χ0v) is 13.3. The van der Waals surface area contributed by atoms with Gasteiger partial charge in [-0.15, -0.1) is 0 Å². The van der Waals surface area contributed by atoms with Crippen LogP contribution in [-0.2, 0) is 11.2 Å². The molecule has 1 aromatic heterocycles. The number of aromatic nitrogens is 1. The van der Waals surface area contributed by atoms with Crippen LogP contribution in [0.3, 0.4) is 0 Å². The van der Waals surface area contributed by atoms with Gasteiger partial charge in [0.15, 0.2) is 0 Å². The number of aryl methyl sites for hydroxylation is 1. The molecule has 0 aliphatic carbocycles. The van der Waals surface area contributed by atoms with Crippen LogP contribution in [0.4, 0.5) is 0 Å². The summed E-state index contributed by atoms with van der Waals surface area (Å²) in [6.45, 7) is 7.32. The molecule has 0 spiro atoms. The first kappa shape index (κ1) is 15.5. The summed E-state index contributed by atoms with van der Waals surface area (Å²) in [5.74, 6) is 0.106. The second-order valence-corrected chi connectivity index (χ2v) is 5.80. The Morgan fingerprint density at radius 3 is 2.86 bits per heavy atom. The highest BCUT2D eigenvalue weighted by molar-refractivity contribution is 5.84. The molecule has 1 aliphatic rings. The first-order chi connectivity index (χ1) is 9.97. The first-order valence-electron chi connectivity index (χ1n) is 7.42. The minimum absolute atomic E-state index is 0.106. The lowest BCUT2D eigenvalue weighted by molar-refractivity contribution is -0.132. The van der Waals surface area contributed by atoms with E-state index in [-0.39, 0.29) is 11.9 Å². The van der Waals surface area contributed by atoms with Crippen molar-refractivity contribution in [2.75, 3.05) is 20.1 Å². The molecule has 114 valence electrons. The van der Waals surface area contributed by atoms with Gasteiger partial charge in [0.2, 0.25) is 5.91 Å². The molecule has 2 rings (SSSR count). The molecule has 1 aromatic rings. The molecule has 1 amide bonds. The van der Waals surface area contributed by atoms with Gasteiger partial charge in [0.1, 0.15) is 6.54 Å². The number of nitrogens with zero attached hydrogens (tertiary/aromatic N) is 4. The Morgan fingerprint density at radius 1 is 1.48 bits per heavy atom. The van der Waals surface area contributed by atoms with E-state index in [1.807, 2.05) is 25.0 Å². The van der Waals surface area contributed by atoms with Crippen molar-refractivity contribution in [2.24, 2.45) is 5.10 Å². The minimum atomic E-state index is 0.106. The third-order valence-corrected chi connectivity index (χ3v) is 4.02. The zero-order valence-electron chi connectivity index (χ0n) is 13.3. The maximum absolute atomic E-state index is 12.3. The molecule has 1 atom stereocenters. The van der Waals surface area contributed by atoms with Crippen molar-refractivity contribution in [2.45, 2.75) is 39.7 Å². The number of carbonyl (C=O) groups excluding carboxylic acids is 1. The summed E-state index contributed by atoms with van der Waals surface area (Å²) < 4.78 is 0. The average molecular weight is 288 g/mol. The number of hydrogen-bond acceptors (Lipinski definition) is 4. The number of hydrogen-bond donors (Lipinski definition) is 0. The number of amides is 1. The van der Waals surface area contributed by atoms with E-state index >= 15 is 0 Å². The molecule has 0 radical (unpaired) electrons. The summed E-state index contributed by atoms with van der Waals surface area (Å²) in [6.07, 6.45) is 3.54. The quantitative estimate of drug-likeness (QED) is 0.831. The molecule has 0 saturated heterocycles. The number of likely N-dealkylation sites (N-methyl/N-ethyl adjacent to an activating group) is 1. The fourth-order valence-corrected chi connectivity index (χ4v) is 2.41. The van der Waals surface area contributed by atoms with E-state index in [1.54, 1.807) is 11.1 Å². The minimum Gasteiger partial charge on any atom is -0.341 e. The van der Waals surface area contributed by atoms with Crippen molar-refractivity contribution >= 4 is 11.6 Å². The monoisotopic (exact) mass is 288 g/mol. The molecular weight excluding hydrogens is 264 g/mol. The van der Waals surface area contributed by atoms with E-state index < -0.39 is 0 Å². The highest BCUT2D eigenvalue weighted by Gasteiger charge is 2.21. The van der Waals surface area contributed by atoms with Gasteiger partial charge < -0.3 is 4.90 Å². The van der Waals surface area contributed by atoms with E-state index in [0.29, 0.717) is 6.54 Å². The van der Waals surface area contributed by atoms with Crippen LogP contribution in [0.1, 0.15) is 31.5 Å². The maximum Gasteiger partial charge on any atom is 0.243 e. The molecule has 2 heterocycles. The van der Waals surface area contributed by atoms with Crippen molar-refractivity contribution in [3.63, 3.8) is 0 Å². The lowest BCUT2D eigenvalue weighted by Gasteiger charge is -2.27. The third-order valence-electron chi connectivity index (χ3n) is 4.02. The third kappa shape index (κ3) is 4.03. The lowest BCUT2D eigenvalue weighted by Crippen LogP contribution is -2.41. The van der Waals surface area contributed by atoms with Gasteiger partial charge in [0.05, 0.1) is 0 Å². The molecule has 1 aliphatic heterocycles. The van der Waals surface area contributed by atoms with Gasteiger partial charge in [0, 0.05) is 50.1 Å². The van der Waals surface area contributed by atoms with Crippen LogP contribution >= 0.6 is 0 Å². The van der Waals surface area contributed by atoms with Crippen molar-refractivity contribution in [1.82, 2.24) is 14.9 Å². The van der Waals surface area contributed by atoms with Crippen LogP contribution in [0, 0.1) is 6.92 Å². The van der Waals surface area contributed by atoms with E-state index in [4.69, 9.17) is 0 Å². The highest BCUT2D eigenvalue weighted by atomic mass is 16.2. The van der Waals surface area contributed by atoms with Gasteiger partial charge >= 0.3 is 0 Å². The molecule has 0 bridgehead atoms. The average Bonchev–Trinajstić information content (AvgIpc) is 2.85. The molecule has 5 heteroatoms. The van der Waals surface area contributed by atoms with Crippen molar-refractivity contribution < 1.29 is 4.79 Å². The van der Waals surface area contributed by atoms with Gasteiger partial charge in [-0.05, 0) is 32.4 Å². The summed E-state index contributed by atoms with van der Waals surface area (Å²) in [6, 6.07) is 4.11. The second-order valence-electron chi connectivity index (χ2n) is 5.80. The van der Waals surface area contributed by atoms with Crippen molar-refractivity contribution in [1.29, 1.82) is 0 Å². The van der Waals surface area contributed by atoms with E-state index in [2.05, 4.69) is 30.0 Å². The topological polar surface area (TPSA) is 48.8 Å². The van der Waals surface area contributed by atoms with Crippen LogP contribution in [0.25, 0.3) is 0 Å². The van der Waals surface area contributed by atoms with Crippen molar-refractivity contribution in [3.8, 4) is 0 Å². The van der Waals surface area contributed by atoms with Crippen LogP contribution in [0.5, 0.6) is 0 Å². The summed E-state index contributed by atoms with van der Waals surface area (Å²) in [5, 5.41) is 6.21. The fraction of sp³-hybridized carbons (Fsp3) is 0.562. The molecule has 21 heavy (non-hydrogen) atoms. The zero-order chi connectivity index (χ0) is 15.4. The largest absolute Gasteiger partial charge is 0.341 e. The van der Waals surface area contributed by atoms with Gasteiger partial charge in [-0.2, -0.15) is 5.10 Å². The van der Waals surface area contributed by atoms with Gasteiger partial charge in [-0.25, -0.2) is 0 Å². The Balaban J connectivity index is 1.91. The number of pyridine rings is 1. The second kappa shape index (κ2) is 6.70. The predicted molar refractivity (Wildman–Crippen MR) is 84.2 cm³/mol. The number of hydrazone groups is 1. The SMILES string of the molecule is CC1=NN(CC(=O)N(C)C(C)Cc2ncccc2C)CC1. The molecular formula is C16H24N4O. The Morgan fingerprint density at radius 2 is 2.24 bits per heavy atom. The molecule has 0 N–H and O–H groups in total. The van der Waals surface area contributed by atoms with Crippen LogP contribution < -0.4 is 0 Å². The van der Waals surface area contributed by atoms with E-state index in [9.17, 15) is 4.79 Å². The Kier molecular flexibility index (Phi) is 4.94. The molecule has 0 saturated carbocycles. The highest BCUT2D eigenvalue weighted by Crippen LogP contribution is 2.11. The summed E-state index contributed by atoms with van der Waals surface area (Å²) in [4.78, 5) is 18.5. The lowest BCUT2D eigenvalue weighted by atomic mass is 10.1. The normalized spacial score (nSPS) is 15.8. The van der Waals surface area contributed by atoms with Gasteiger partial charge in [-0.1, -0.05) is 6.07 Å².